The summed E-state index contributed by atoms with van der Waals surface area (Å²) in [6.45, 7) is 2.27. The molecule has 6 heteroatoms. The highest BCUT2D eigenvalue weighted by Gasteiger charge is 2.09. The number of nitrogens with zero attached hydrogens (tertiary/aromatic N) is 2. The molecule has 1 amide bonds. The molecule has 26 heavy (non-hydrogen) atoms. The Hall–Kier alpha value is -2.99. The Bertz CT molecular complexity index is 1180. The maximum Gasteiger partial charge on any atom is 0.258 e. The van der Waals surface area contributed by atoms with Gasteiger partial charge in [-0.05, 0) is 29.8 Å². The summed E-state index contributed by atoms with van der Waals surface area (Å²) in [4.78, 5) is 29.6. The number of carbonyl (C=O) groups excluding carboxylic acids is 1. The van der Waals surface area contributed by atoms with Crippen LogP contribution in [-0.2, 0) is 6.42 Å². The van der Waals surface area contributed by atoms with Gasteiger partial charge in [0, 0.05) is 41.4 Å². The van der Waals surface area contributed by atoms with E-state index in [2.05, 4.69) is 10.3 Å². The summed E-state index contributed by atoms with van der Waals surface area (Å²) in [6.07, 6.45) is 0.573. The van der Waals surface area contributed by atoms with Crippen LogP contribution in [0.3, 0.4) is 0 Å². The van der Waals surface area contributed by atoms with E-state index in [1.807, 2.05) is 54.8 Å². The first kappa shape index (κ1) is 16.5. The zero-order valence-corrected chi connectivity index (χ0v) is 15.0. The SMILES string of the molecule is Cc1cc(=O)n2c(CCNC(=O)c3ccc4ccccc4c3)csc2n1. The summed E-state index contributed by atoms with van der Waals surface area (Å²) < 4.78 is 1.61. The van der Waals surface area contributed by atoms with Crippen molar-refractivity contribution in [1.29, 1.82) is 0 Å². The number of hydrogen-bond acceptors (Lipinski definition) is 4. The Morgan fingerprint density at radius 1 is 1.15 bits per heavy atom. The van der Waals surface area contributed by atoms with Crippen LogP contribution in [-0.4, -0.2) is 21.8 Å². The zero-order valence-electron chi connectivity index (χ0n) is 14.2. The minimum atomic E-state index is -0.114. The van der Waals surface area contributed by atoms with Crippen LogP contribution in [0.2, 0.25) is 0 Å². The van der Waals surface area contributed by atoms with Crippen molar-refractivity contribution >= 4 is 33.0 Å². The molecule has 4 rings (SSSR count). The number of nitrogens with one attached hydrogen (secondary N) is 1. The number of amides is 1. The standard InChI is InChI=1S/C20H17N3O2S/c1-13-10-18(24)23-17(12-26-20(23)22-13)8-9-21-19(25)16-7-6-14-4-2-3-5-15(14)11-16/h2-7,10-12H,8-9H2,1H3,(H,21,25). The lowest BCUT2D eigenvalue weighted by Gasteiger charge is -2.06. The minimum Gasteiger partial charge on any atom is -0.352 e. The summed E-state index contributed by atoms with van der Waals surface area (Å²) >= 11 is 1.44. The lowest BCUT2D eigenvalue weighted by Crippen LogP contribution is -2.26. The third-order valence-corrected chi connectivity index (χ3v) is 5.16. The predicted octanol–water partition coefficient (Wildman–Crippen LogP) is 3.19. The van der Waals surface area contributed by atoms with Crippen molar-refractivity contribution in [2.75, 3.05) is 6.54 Å². The second-order valence-electron chi connectivity index (χ2n) is 6.15. The summed E-state index contributed by atoms with van der Waals surface area (Å²) in [7, 11) is 0. The molecule has 0 aliphatic heterocycles. The number of thiazole rings is 1. The van der Waals surface area contributed by atoms with Gasteiger partial charge in [0.2, 0.25) is 0 Å². The van der Waals surface area contributed by atoms with E-state index in [1.54, 1.807) is 4.40 Å². The molecule has 2 heterocycles. The van der Waals surface area contributed by atoms with Gasteiger partial charge in [0.15, 0.2) is 4.96 Å². The number of fused-ring (bicyclic) bond motifs is 2. The maximum absolute atomic E-state index is 12.4. The van der Waals surface area contributed by atoms with Crippen LogP contribution in [0.25, 0.3) is 15.7 Å². The molecular weight excluding hydrogens is 346 g/mol. The number of carbonyl (C=O) groups is 1. The Labute approximate surface area is 153 Å². The van der Waals surface area contributed by atoms with Crippen molar-refractivity contribution in [3.8, 4) is 0 Å². The molecule has 0 bridgehead atoms. The fraction of sp³-hybridized carbons (Fsp3) is 0.150. The van der Waals surface area contributed by atoms with Crippen molar-refractivity contribution in [2.45, 2.75) is 13.3 Å². The Morgan fingerprint density at radius 3 is 2.81 bits per heavy atom. The highest BCUT2D eigenvalue weighted by molar-refractivity contribution is 7.15. The first-order valence-electron chi connectivity index (χ1n) is 8.35. The van der Waals surface area contributed by atoms with E-state index in [1.165, 1.54) is 17.4 Å². The fourth-order valence-electron chi connectivity index (χ4n) is 2.99. The number of aromatic nitrogens is 2. The molecule has 2 aromatic carbocycles. The third-order valence-electron chi connectivity index (χ3n) is 4.28. The molecule has 0 saturated carbocycles. The minimum absolute atomic E-state index is 0.0791. The van der Waals surface area contributed by atoms with Gasteiger partial charge in [-0.25, -0.2) is 4.98 Å². The van der Waals surface area contributed by atoms with Crippen LogP contribution in [0, 0.1) is 6.92 Å². The smallest absolute Gasteiger partial charge is 0.258 e. The van der Waals surface area contributed by atoms with Crippen LogP contribution in [0.5, 0.6) is 0 Å². The quantitative estimate of drug-likeness (QED) is 0.606. The van der Waals surface area contributed by atoms with Crippen LogP contribution in [0.15, 0.2) is 58.7 Å². The monoisotopic (exact) mass is 363 g/mol. The van der Waals surface area contributed by atoms with E-state index in [9.17, 15) is 9.59 Å². The van der Waals surface area contributed by atoms with Gasteiger partial charge in [0.1, 0.15) is 0 Å². The normalized spacial score (nSPS) is 11.1. The lowest BCUT2D eigenvalue weighted by molar-refractivity contribution is 0.0954. The van der Waals surface area contributed by atoms with Gasteiger partial charge in [0.05, 0.1) is 0 Å². The number of rotatable bonds is 4. The highest BCUT2D eigenvalue weighted by Crippen LogP contribution is 2.16. The maximum atomic E-state index is 12.4. The van der Waals surface area contributed by atoms with E-state index >= 15 is 0 Å². The van der Waals surface area contributed by atoms with Gasteiger partial charge in [-0.1, -0.05) is 30.3 Å². The fourth-order valence-corrected chi connectivity index (χ4v) is 3.97. The average molecular weight is 363 g/mol. The van der Waals surface area contributed by atoms with Crippen molar-refractivity contribution < 1.29 is 4.79 Å². The van der Waals surface area contributed by atoms with Gasteiger partial charge in [-0.2, -0.15) is 0 Å². The molecule has 0 saturated heterocycles. The molecule has 0 spiro atoms. The van der Waals surface area contributed by atoms with E-state index < -0.39 is 0 Å². The van der Waals surface area contributed by atoms with Gasteiger partial charge < -0.3 is 5.32 Å². The van der Waals surface area contributed by atoms with Crippen molar-refractivity contribution in [1.82, 2.24) is 14.7 Å². The number of hydrogen-bond donors (Lipinski definition) is 1. The number of aryl methyl sites for hydroxylation is 1. The molecule has 0 radical (unpaired) electrons. The zero-order chi connectivity index (χ0) is 18.1. The Kier molecular flexibility index (Phi) is 4.26. The highest BCUT2D eigenvalue weighted by atomic mass is 32.1. The summed E-state index contributed by atoms with van der Waals surface area (Å²) in [6, 6.07) is 15.1. The molecular formula is C20H17N3O2S. The Balaban J connectivity index is 1.47. The van der Waals surface area contributed by atoms with Crippen LogP contribution < -0.4 is 10.9 Å². The van der Waals surface area contributed by atoms with Crippen molar-refractivity contribution in [3.63, 3.8) is 0 Å². The molecule has 0 unspecified atom stereocenters. The second-order valence-corrected chi connectivity index (χ2v) is 6.99. The first-order chi connectivity index (χ1) is 12.6. The summed E-state index contributed by atoms with van der Waals surface area (Å²) in [5, 5.41) is 7.00. The van der Waals surface area contributed by atoms with Gasteiger partial charge in [-0.3, -0.25) is 14.0 Å². The molecule has 0 atom stereocenters. The van der Waals surface area contributed by atoms with Crippen molar-refractivity contribution in [2.24, 2.45) is 0 Å². The molecule has 0 aliphatic rings. The molecule has 130 valence electrons. The Morgan fingerprint density at radius 2 is 1.96 bits per heavy atom. The van der Waals surface area contributed by atoms with Crippen LogP contribution in [0.1, 0.15) is 21.7 Å². The largest absolute Gasteiger partial charge is 0.352 e. The average Bonchev–Trinajstić information content (AvgIpc) is 3.04. The van der Waals surface area contributed by atoms with Crippen molar-refractivity contribution in [3.05, 3.63) is 81.2 Å². The second kappa shape index (κ2) is 6.72. The molecule has 1 N–H and O–H groups in total. The van der Waals surface area contributed by atoms with Gasteiger partial charge in [0.25, 0.3) is 11.5 Å². The number of benzene rings is 2. The topological polar surface area (TPSA) is 63.5 Å². The third kappa shape index (κ3) is 3.11. The van der Waals surface area contributed by atoms with Gasteiger partial charge >= 0.3 is 0 Å². The molecule has 5 nitrogen and oxygen atoms in total. The van der Waals surface area contributed by atoms with E-state index in [0.29, 0.717) is 29.2 Å². The van der Waals surface area contributed by atoms with Crippen LogP contribution in [0.4, 0.5) is 0 Å². The summed E-state index contributed by atoms with van der Waals surface area (Å²) in [5.74, 6) is -0.114. The van der Waals surface area contributed by atoms with Crippen LogP contribution >= 0.6 is 11.3 Å². The lowest BCUT2D eigenvalue weighted by atomic mass is 10.1. The summed E-state index contributed by atoms with van der Waals surface area (Å²) in [5.41, 5.74) is 2.13. The first-order valence-corrected chi connectivity index (χ1v) is 9.23. The van der Waals surface area contributed by atoms with Gasteiger partial charge in [-0.15, -0.1) is 11.3 Å². The predicted molar refractivity (Wildman–Crippen MR) is 104 cm³/mol. The molecule has 0 fully saturated rings. The molecule has 0 aliphatic carbocycles. The molecule has 4 aromatic rings. The molecule has 2 aromatic heterocycles. The van der Waals surface area contributed by atoms with E-state index in [0.717, 1.165) is 16.5 Å². The van der Waals surface area contributed by atoms with E-state index in [-0.39, 0.29) is 11.5 Å². The van der Waals surface area contributed by atoms with E-state index in [4.69, 9.17) is 0 Å².